The zero-order chi connectivity index (χ0) is 10.9. The van der Waals surface area contributed by atoms with Gasteiger partial charge in [0.25, 0.3) is 0 Å². The topological polar surface area (TPSA) is 18.5 Å². The standard InChI is InChI=1S/C11H26O2Si/c1-4-7-9-12-11(14,6-3)13-10-8-5-2/h4-10H2,1-3,14H3. The molecule has 0 amide bonds. The van der Waals surface area contributed by atoms with Crippen molar-refractivity contribution in [1.29, 1.82) is 0 Å². The summed E-state index contributed by atoms with van der Waals surface area (Å²) in [6.45, 7) is 8.20. The molecule has 0 aromatic heterocycles. The Hall–Kier alpha value is 0.137. The van der Waals surface area contributed by atoms with Crippen molar-refractivity contribution in [3.63, 3.8) is 0 Å². The summed E-state index contributed by atoms with van der Waals surface area (Å²) >= 11 is 0. The first-order valence-corrected chi connectivity index (χ1v) is 6.96. The molecular weight excluding hydrogens is 192 g/mol. The van der Waals surface area contributed by atoms with Crippen molar-refractivity contribution in [2.45, 2.75) is 58.3 Å². The highest BCUT2D eigenvalue weighted by atomic mass is 28.1. The van der Waals surface area contributed by atoms with Crippen LogP contribution in [0.4, 0.5) is 0 Å². The van der Waals surface area contributed by atoms with Gasteiger partial charge in [-0.15, -0.1) is 0 Å². The second kappa shape index (κ2) is 8.45. The van der Waals surface area contributed by atoms with E-state index in [0.29, 0.717) is 0 Å². The molecule has 0 bridgehead atoms. The van der Waals surface area contributed by atoms with Gasteiger partial charge in [0.15, 0.2) is 0 Å². The summed E-state index contributed by atoms with van der Waals surface area (Å²) in [6, 6.07) is 0. The van der Waals surface area contributed by atoms with E-state index in [-0.39, 0.29) is 5.41 Å². The van der Waals surface area contributed by atoms with Crippen molar-refractivity contribution in [2.75, 3.05) is 13.2 Å². The Morgan fingerprint density at radius 2 is 1.36 bits per heavy atom. The molecule has 0 aromatic rings. The van der Waals surface area contributed by atoms with E-state index in [0.717, 1.165) is 42.7 Å². The molecule has 0 radical (unpaired) electrons. The van der Waals surface area contributed by atoms with Gasteiger partial charge in [0, 0.05) is 13.2 Å². The van der Waals surface area contributed by atoms with Crippen LogP contribution in [-0.2, 0) is 9.47 Å². The van der Waals surface area contributed by atoms with Crippen LogP contribution >= 0.6 is 0 Å². The van der Waals surface area contributed by atoms with Gasteiger partial charge in [0.05, 0.1) is 10.2 Å². The van der Waals surface area contributed by atoms with Gasteiger partial charge in [-0.05, 0) is 19.3 Å². The first-order chi connectivity index (χ1) is 6.68. The molecular formula is C11H26O2Si. The van der Waals surface area contributed by atoms with Gasteiger partial charge in [-0.2, -0.15) is 0 Å². The van der Waals surface area contributed by atoms with Crippen molar-refractivity contribution in [3.05, 3.63) is 0 Å². The molecule has 0 aromatic carbocycles. The van der Waals surface area contributed by atoms with Gasteiger partial charge in [-0.3, -0.25) is 0 Å². The Balaban J connectivity index is 3.67. The molecule has 2 nitrogen and oxygen atoms in total. The van der Waals surface area contributed by atoms with Crippen LogP contribution in [0.15, 0.2) is 0 Å². The maximum atomic E-state index is 5.81. The van der Waals surface area contributed by atoms with E-state index in [2.05, 4.69) is 20.8 Å². The van der Waals surface area contributed by atoms with Gasteiger partial charge in [-0.1, -0.05) is 33.6 Å². The lowest BCUT2D eigenvalue weighted by Crippen LogP contribution is -2.36. The summed E-state index contributed by atoms with van der Waals surface area (Å²) in [6.07, 6.45) is 5.64. The molecule has 0 aliphatic heterocycles. The molecule has 0 saturated heterocycles. The lowest BCUT2D eigenvalue weighted by Gasteiger charge is -2.29. The van der Waals surface area contributed by atoms with Crippen LogP contribution in [0.2, 0.25) is 0 Å². The van der Waals surface area contributed by atoms with E-state index < -0.39 is 0 Å². The van der Waals surface area contributed by atoms with Crippen molar-refractivity contribution in [3.8, 4) is 0 Å². The zero-order valence-electron chi connectivity index (χ0n) is 10.3. The molecule has 0 heterocycles. The second-order valence-electron chi connectivity index (χ2n) is 3.89. The van der Waals surface area contributed by atoms with Crippen LogP contribution in [0.5, 0.6) is 0 Å². The summed E-state index contributed by atoms with van der Waals surface area (Å²) in [5, 5.41) is 0. The van der Waals surface area contributed by atoms with E-state index in [4.69, 9.17) is 9.47 Å². The van der Waals surface area contributed by atoms with Gasteiger partial charge >= 0.3 is 0 Å². The predicted molar refractivity (Wildman–Crippen MR) is 64.7 cm³/mol. The third-order valence-electron chi connectivity index (χ3n) is 2.45. The van der Waals surface area contributed by atoms with Crippen LogP contribution in [-0.4, -0.2) is 28.9 Å². The van der Waals surface area contributed by atoms with Gasteiger partial charge in [0.2, 0.25) is 0 Å². The number of ether oxygens (including phenoxy) is 2. The fourth-order valence-corrected chi connectivity index (χ4v) is 1.52. The fraction of sp³-hybridized carbons (Fsp3) is 1.00. The van der Waals surface area contributed by atoms with E-state index >= 15 is 0 Å². The minimum Gasteiger partial charge on any atom is -0.355 e. The molecule has 3 heteroatoms. The van der Waals surface area contributed by atoms with E-state index in [9.17, 15) is 0 Å². The first kappa shape index (κ1) is 14.1. The molecule has 0 atom stereocenters. The highest BCUT2D eigenvalue weighted by Gasteiger charge is 2.22. The van der Waals surface area contributed by atoms with E-state index in [1.54, 1.807) is 0 Å². The summed E-state index contributed by atoms with van der Waals surface area (Å²) < 4.78 is 11.6. The summed E-state index contributed by atoms with van der Waals surface area (Å²) in [5.74, 6) is 0. The highest BCUT2D eigenvalue weighted by molar-refractivity contribution is 6.13. The molecule has 0 rings (SSSR count). The summed E-state index contributed by atoms with van der Waals surface area (Å²) in [4.78, 5) is 0. The highest BCUT2D eigenvalue weighted by Crippen LogP contribution is 2.14. The maximum Gasteiger partial charge on any atom is 0.141 e. The Morgan fingerprint density at radius 1 is 0.929 bits per heavy atom. The Bertz CT molecular complexity index is 118. The largest absolute Gasteiger partial charge is 0.355 e. The quantitative estimate of drug-likeness (QED) is 0.335. The molecule has 0 saturated carbocycles. The van der Waals surface area contributed by atoms with Crippen molar-refractivity contribution >= 4 is 10.2 Å². The molecule has 0 aliphatic carbocycles. The van der Waals surface area contributed by atoms with E-state index in [1.165, 1.54) is 12.8 Å². The van der Waals surface area contributed by atoms with Crippen LogP contribution in [0, 0.1) is 0 Å². The minimum atomic E-state index is -0.218. The third-order valence-corrected chi connectivity index (χ3v) is 3.74. The second-order valence-corrected chi connectivity index (χ2v) is 5.41. The Labute approximate surface area is 91.8 Å². The molecule has 0 unspecified atom stereocenters. The number of hydrogen-bond acceptors (Lipinski definition) is 2. The number of rotatable bonds is 9. The van der Waals surface area contributed by atoms with Crippen molar-refractivity contribution in [1.82, 2.24) is 0 Å². The lowest BCUT2D eigenvalue weighted by molar-refractivity contribution is -0.180. The predicted octanol–water partition coefficient (Wildman–Crippen LogP) is 2.05. The van der Waals surface area contributed by atoms with Gasteiger partial charge in [-0.25, -0.2) is 0 Å². The van der Waals surface area contributed by atoms with Crippen molar-refractivity contribution < 1.29 is 9.47 Å². The van der Waals surface area contributed by atoms with Crippen LogP contribution in [0.3, 0.4) is 0 Å². The number of unbranched alkanes of at least 4 members (excludes halogenated alkanes) is 2. The van der Waals surface area contributed by atoms with Crippen LogP contribution < -0.4 is 0 Å². The molecule has 0 fully saturated rings. The average molecular weight is 218 g/mol. The normalized spacial score (nSPS) is 12.2. The maximum absolute atomic E-state index is 5.81. The summed E-state index contributed by atoms with van der Waals surface area (Å²) in [5.41, 5.74) is -0.218. The van der Waals surface area contributed by atoms with Gasteiger partial charge < -0.3 is 9.47 Å². The molecule has 14 heavy (non-hydrogen) atoms. The zero-order valence-corrected chi connectivity index (χ0v) is 12.3. The molecule has 86 valence electrons. The molecule has 0 N–H and O–H groups in total. The van der Waals surface area contributed by atoms with Crippen molar-refractivity contribution in [2.24, 2.45) is 0 Å². The third kappa shape index (κ3) is 6.57. The molecule has 0 aliphatic rings. The smallest absolute Gasteiger partial charge is 0.141 e. The SMILES string of the molecule is CCCCOC([SiH3])(CC)OCCCC. The molecule has 0 spiro atoms. The van der Waals surface area contributed by atoms with Crippen LogP contribution in [0.25, 0.3) is 0 Å². The van der Waals surface area contributed by atoms with Crippen LogP contribution in [0.1, 0.15) is 52.9 Å². The van der Waals surface area contributed by atoms with Gasteiger partial charge in [0.1, 0.15) is 5.41 Å². The number of hydrogen-bond donors (Lipinski definition) is 0. The Kier molecular flexibility index (Phi) is 8.53. The minimum absolute atomic E-state index is 0.218. The fourth-order valence-electron chi connectivity index (χ4n) is 1.11. The Morgan fingerprint density at radius 3 is 1.64 bits per heavy atom. The lowest BCUT2D eigenvalue weighted by atomic mass is 10.3. The van der Waals surface area contributed by atoms with E-state index in [1.807, 2.05) is 0 Å². The first-order valence-electron chi connectivity index (χ1n) is 5.96. The monoisotopic (exact) mass is 218 g/mol. The average Bonchev–Trinajstić information content (AvgIpc) is 2.19. The summed E-state index contributed by atoms with van der Waals surface area (Å²) in [7, 11) is 0.958.